The molecule has 0 aliphatic heterocycles. The Kier molecular flexibility index (Phi) is 49.3. The fourth-order valence-corrected chi connectivity index (χ4v) is 8.17. The molecule has 416 valence electrons. The van der Waals surface area contributed by atoms with E-state index in [1.54, 1.807) is 0 Å². The molecule has 10 heteroatoms. The number of amides is 1. The molecule has 0 radical (unpaired) electrons. The maximum Gasteiger partial charge on any atom is 0.472 e. The van der Waals surface area contributed by atoms with Gasteiger partial charge in [0.2, 0.25) is 5.91 Å². The molecule has 0 saturated carbocycles. The van der Waals surface area contributed by atoms with Gasteiger partial charge in [-0.3, -0.25) is 18.6 Å². The maximum atomic E-state index is 13.5. The number of esters is 1. The van der Waals surface area contributed by atoms with Gasteiger partial charge in [0.1, 0.15) is 19.3 Å². The Morgan fingerprint density at radius 1 is 0.493 bits per heavy atom. The van der Waals surface area contributed by atoms with Crippen molar-refractivity contribution in [3.05, 3.63) is 122 Å². The van der Waals surface area contributed by atoms with Crippen molar-refractivity contribution >= 4 is 19.7 Å². The van der Waals surface area contributed by atoms with Crippen molar-refractivity contribution in [1.82, 2.24) is 5.32 Å². The molecule has 0 heterocycles. The highest BCUT2D eigenvalue weighted by Crippen LogP contribution is 2.43. The van der Waals surface area contributed by atoms with E-state index in [0.717, 1.165) is 83.5 Å². The quantitative estimate of drug-likeness (QED) is 0.0205. The Balaban J connectivity index is 5.57. The number of unbranched alkanes of at least 4 members (excludes halogenated alkanes) is 16. The number of quaternary nitrogens is 1. The summed E-state index contributed by atoms with van der Waals surface area (Å²) >= 11 is 0. The number of hydrogen-bond donors (Lipinski definition) is 2. The first-order valence-electron chi connectivity index (χ1n) is 28.9. The normalized spacial score (nSPS) is 14.7. The number of allylic oxidation sites excluding steroid dienone is 19. The van der Waals surface area contributed by atoms with Gasteiger partial charge in [-0.2, -0.15) is 0 Å². The number of phosphoric acid groups is 1. The molecule has 73 heavy (non-hydrogen) atoms. The number of likely N-dealkylation sites (N-methyl/N-ethyl adjacent to an activating group) is 1. The Labute approximate surface area is 448 Å². The lowest BCUT2D eigenvalue weighted by atomic mass is 10.0. The molecule has 9 nitrogen and oxygen atoms in total. The first kappa shape index (κ1) is 69.4. The number of nitrogens with one attached hydrogen (secondary N) is 1. The number of phosphoric ester groups is 1. The van der Waals surface area contributed by atoms with Crippen LogP contribution in [-0.2, 0) is 27.9 Å². The van der Waals surface area contributed by atoms with Crippen LogP contribution in [0.2, 0.25) is 0 Å². The number of rotatable bonds is 50. The third-order valence-corrected chi connectivity index (χ3v) is 12.9. The summed E-state index contributed by atoms with van der Waals surface area (Å²) in [6.45, 7) is 6.76. The standard InChI is InChI=1S/C63H107N2O7P/c1-7-10-13-16-19-22-25-28-30-32-34-37-40-43-46-49-52-55-62(66)64-60(59-71-73(68,69)70-58-57-65(4,5)6)61(54-51-48-45-42-39-36-27-24-21-18-15-12-9-3)72-63(67)56-53-50-47-44-41-38-35-33-31-29-26-23-20-17-14-11-8-2/h11,14,19-20,22-23,28-31,34-35,37-38,43-44,46-47,51,54,60-61H,7-10,12-13,15-18,21,24-27,32-33,36,39-42,45,48-50,52-53,55-59H2,1-6H3,(H-,64,66,68,69)/p+1/b14-11-,22-19-,23-20-,30-28-,31-29-,37-34-,38-35-,46-43-,47-44-,54-51+. The van der Waals surface area contributed by atoms with Crippen LogP contribution >= 0.6 is 7.82 Å². The highest BCUT2D eigenvalue weighted by atomic mass is 31.2. The first-order valence-corrected chi connectivity index (χ1v) is 30.4. The third-order valence-electron chi connectivity index (χ3n) is 11.9. The van der Waals surface area contributed by atoms with Gasteiger partial charge in [0, 0.05) is 12.8 Å². The van der Waals surface area contributed by atoms with E-state index >= 15 is 0 Å². The second-order valence-corrected chi connectivity index (χ2v) is 21.5. The molecular weight excluding hydrogens is 928 g/mol. The van der Waals surface area contributed by atoms with Crippen molar-refractivity contribution in [2.75, 3.05) is 40.9 Å². The van der Waals surface area contributed by atoms with Gasteiger partial charge < -0.3 is 19.4 Å². The molecule has 0 rings (SSSR count). The first-order chi connectivity index (χ1) is 35.4. The van der Waals surface area contributed by atoms with Gasteiger partial charge in [-0.15, -0.1) is 0 Å². The average molecular weight is 1040 g/mol. The molecule has 1 amide bonds. The van der Waals surface area contributed by atoms with Gasteiger partial charge >= 0.3 is 13.8 Å². The molecule has 0 bridgehead atoms. The Morgan fingerprint density at radius 3 is 1.34 bits per heavy atom. The zero-order valence-corrected chi connectivity index (χ0v) is 48.2. The van der Waals surface area contributed by atoms with Crippen molar-refractivity contribution in [2.45, 2.75) is 226 Å². The van der Waals surface area contributed by atoms with E-state index in [1.807, 2.05) is 33.3 Å². The molecule has 0 fully saturated rings. The van der Waals surface area contributed by atoms with E-state index in [4.69, 9.17) is 13.8 Å². The second kappa shape index (κ2) is 51.9. The highest BCUT2D eigenvalue weighted by Gasteiger charge is 2.30. The minimum absolute atomic E-state index is 0.0148. The van der Waals surface area contributed by atoms with Crippen LogP contribution in [0.15, 0.2) is 122 Å². The zero-order valence-electron chi connectivity index (χ0n) is 47.3. The van der Waals surface area contributed by atoms with Crippen LogP contribution in [0.1, 0.15) is 213 Å². The van der Waals surface area contributed by atoms with Crippen molar-refractivity contribution < 1.29 is 37.3 Å². The van der Waals surface area contributed by atoms with E-state index in [0.29, 0.717) is 23.9 Å². The van der Waals surface area contributed by atoms with E-state index < -0.39 is 25.9 Å². The molecular formula is C63H108N2O7P+. The average Bonchev–Trinajstić information content (AvgIpc) is 3.35. The molecule has 2 N–H and O–H groups in total. The Morgan fingerprint density at radius 2 is 0.877 bits per heavy atom. The van der Waals surface area contributed by atoms with Gasteiger partial charge in [0.25, 0.3) is 0 Å². The molecule has 0 aromatic carbocycles. The lowest BCUT2D eigenvalue weighted by Gasteiger charge is -2.27. The lowest BCUT2D eigenvalue weighted by molar-refractivity contribution is -0.870. The molecule has 3 unspecified atom stereocenters. The molecule has 0 aliphatic rings. The molecule has 0 saturated heterocycles. The summed E-state index contributed by atoms with van der Waals surface area (Å²) in [6, 6.07) is -0.907. The zero-order chi connectivity index (χ0) is 53.6. The van der Waals surface area contributed by atoms with Crippen LogP contribution in [0, 0.1) is 0 Å². The van der Waals surface area contributed by atoms with Crippen LogP contribution in [0.25, 0.3) is 0 Å². The van der Waals surface area contributed by atoms with Crippen LogP contribution in [0.5, 0.6) is 0 Å². The number of nitrogens with zero attached hydrogens (tertiary/aromatic N) is 1. The van der Waals surface area contributed by atoms with Gasteiger partial charge in [-0.05, 0) is 109 Å². The lowest BCUT2D eigenvalue weighted by Crippen LogP contribution is -2.47. The number of hydrogen-bond acceptors (Lipinski definition) is 6. The number of carbonyl (C=O) groups excluding carboxylic acids is 2. The minimum Gasteiger partial charge on any atom is -0.456 e. The predicted octanol–water partition coefficient (Wildman–Crippen LogP) is 17.5. The van der Waals surface area contributed by atoms with Gasteiger partial charge in [0.15, 0.2) is 0 Å². The summed E-state index contributed by atoms with van der Waals surface area (Å²) in [5, 5.41) is 3.00. The largest absolute Gasteiger partial charge is 0.472 e. The second-order valence-electron chi connectivity index (χ2n) is 20.1. The minimum atomic E-state index is -4.48. The number of ether oxygens (including phenoxy) is 1. The molecule has 0 spiro atoms. The fourth-order valence-electron chi connectivity index (χ4n) is 7.44. The number of carbonyl (C=O) groups is 2. The molecule has 0 aliphatic carbocycles. The molecule has 0 aromatic rings. The maximum absolute atomic E-state index is 13.5. The monoisotopic (exact) mass is 1040 g/mol. The summed E-state index contributed by atoms with van der Waals surface area (Å²) < 4.78 is 30.5. The summed E-state index contributed by atoms with van der Waals surface area (Å²) in [4.78, 5) is 37.6. The Hall–Kier alpha value is -3.59. The summed E-state index contributed by atoms with van der Waals surface area (Å²) in [5.41, 5.74) is 0. The van der Waals surface area contributed by atoms with Gasteiger partial charge in [-0.1, -0.05) is 213 Å². The molecule has 0 aromatic heterocycles. The third kappa shape index (κ3) is 53.1. The van der Waals surface area contributed by atoms with Crippen molar-refractivity contribution in [2.24, 2.45) is 0 Å². The highest BCUT2D eigenvalue weighted by molar-refractivity contribution is 7.47. The molecule has 3 atom stereocenters. The smallest absolute Gasteiger partial charge is 0.456 e. The fraction of sp³-hybridized carbons (Fsp3) is 0.651. The SMILES string of the molecule is CC/C=C\C/C=C\C/C=C\C/C=C\C/C=C\CCCC(=O)OC(/C=C/CCCCCCCCCCCCC)C(COP(=O)(O)OCC[N+](C)(C)C)NC(=O)CCC/C=C\C/C=C\C/C=C\C/C=C\CCCCC. The Bertz CT molecular complexity index is 1660. The van der Waals surface area contributed by atoms with Crippen LogP contribution in [0.3, 0.4) is 0 Å². The van der Waals surface area contributed by atoms with E-state index in [-0.39, 0.29) is 32.0 Å². The van der Waals surface area contributed by atoms with Crippen LogP contribution < -0.4 is 5.32 Å². The summed E-state index contributed by atoms with van der Waals surface area (Å²) in [7, 11) is 1.41. The van der Waals surface area contributed by atoms with E-state index in [1.165, 1.54) is 83.5 Å². The summed E-state index contributed by atoms with van der Waals surface area (Å²) in [5.74, 6) is -0.649. The van der Waals surface area contributed by atoms with Crippen molar-refractivity contribution in [1.29, 1.82) is 0 Å². The van der Waals surface area contributed by atoms with Gasteiger partial charge in [0.05, 0.1) is 33.8 Å². The van der Waals surface area contributed by atoms with Crippen LogP contribution in [-0.4, -0.2) is 74.3 Å². The predicted molar refractivity (Wildman–Crippen MR) is 313 cm³/mol. The van der Waals surface area contributed by atoms with E-state index in [2.05, 4.69) is 135 Å². The summed E-state index contributed by atoms with van der Waals surface area (Å²) in [6.07, 6.45) is 72.1. The van der Waals surface area contributed by atoms with Gasteiger partial charge in [-0.25, -0.2) is 4.57 Å². The van der Waals surface area contributed by atoms with Crippen molar-refractivity contribution in [3.8, 4) is 0 Å². The topological polar surface area (TPSA) is 111 Å². The van der Waals surface area contributed by atoms with E-state index in [9.17, 15) is 19.0 Å². The van der Waals surface area contributed by atoms with Crippen molar-refractivity contribution in [3.63, 3.8) is 0 Å². The van der Waals surface area contributed by atoms with Crippen LogP contribution in [0.4, 0.5) is 0 Å².